The molecular formula is C11H2BrCl2FN4. The van der Waals surface area contributed by atoms with Crippen molar-refractivity contribution in [3.63, 3.8) is 0 Å². The lowest BCUT2D eigenvalue weighted by Gasteiger charge is -2.11. The maximum atomic E-state index is 13.5. The van der Waals surface area contributed by atoms with E-state index in [4.69, 9.17) is 39.0 Å². The molecule has 0 fully saturated rings. The van der Waals surface area contributed by atoms with Gasteiger partial charge in [0.1, 0.15) is 28.9 Å². The molecule has 1 rings (SSSR count). The fourth-order valence-corrected chi connectivity index (χ4v) is 2.36. The van der Waals surface area contributed by atoms with Gasteiger partial charge < -0.3 is 5.32 Å². The van der Waals surface area contributed by atoms with Gasteiger partial charge >= 0.3 is 0 Å². The van der Waals surface area contributed by atoms with E-state index in [2.05, 4.69) is 21.2 Å². The summed E-state index contributed by atoms with van der Waals surface area (Å²) in [5, 5.41) is 28.1. The van der Waals surface area contributed by atoms with Crippen LogP contribution in [0.15, 0.2) is 21.8 Å². The molecule has 0 atom stereocenters. The van der Waals surface area contributed by atoms with E-state index >= 15 is 0 Å². The van der Waals surface area contributed by atoms with E-state index in [1.807, 2.05) is 0 Å². The largest absolute Gasteiger partial charge is 0.343 e. The van der Waals surface area contributed by atoms with Gasteiger partial charge in [0.2, 0.25) is 0 Å². The van der Waals surface area contributed by atoms with Gasteiger partial charge in [-0.25, -0.2) is 4.39 Å². The van der Waals surface area contributed by atoms with Gasteiger partial charge in [-0.3, -0.25) is 0 Å². The number of anilines is 1. The molecular weight excluding hydrogens is 358 g/mol. The zero-order valence-corrected chi connectivity index (χ0v) is 12.0. The quantitative estimate of drug-likeness (QED) is 0.488. The highest BCUT2D eigenvalue weighted by atomic mass is 79.9. The van der Waals surface area contributed by atoms with Crippen LogP contribution in [0.25, 0.3) is 0 Å². The van der Waals surface area contributed by atoms with Gasteiger partial charge in [-0.2, -0.15) is 15.8 Å². The average molecular weight is 360 g/mol. The number of nitrogens with zero attached hydrogens (tertiary/aromatic N) is 3. The molecule has 0 saturated heterocycles. The number of benzene rings is 1. The predicted octanol–water partition coefficient (Wildman–Crippen LogP) is 4.13. The number of nitriles is 3. The monoisotopic (exact) mass is 358 g/mol. The summed E-state index contributed by atoms with van der Waals surface area (Å²) < 4.78 is 13.8. The van der Waals surface area contributed by atoms with E-state index in [0.29, 0.717) is 0 Å². The third kappa shape index (κ3) is 3.16. The molecule has 0 spiro atoms. The molecule has 0 aromatic heterocycles. The Balaban J connectivity index is 3.41. The molecule has 0 bridgehead atoms. The topological polar surface area (TPSA) is 83.4 Å². The third-order valence-electron chi connectivity index (χ3n) is 1.95. The fourth-order valence-electron chi connectivity index (χ4n) is 1.09. The van der Waals surface area contributed by atoms with E-state index in [-0.39, 0.29) is 25.9 Å². The van der Waals surface area contributed by atoms with Crippen molar-refractivity contribution in [2.75, 3.05) is 5.32 Å². The van der Waals surface area contributed by atoms with Crippen molar-refractivity contribution in [3.8, 4) is 18.2 Å². The van der Waals surface area contributed by atoms with Crippen molar-refractivity contribution in [1.29, 1.82) is 15.8 Å². The summed E-state index contributed by atoms with van der Waals surface area (Å²) in [6, 6.07) is 5.95. The highest BCUT2D eigenvalue weighted by Gasteiger charge is 2.17. The summed E-state index contributed by atoms with van der Waals surface area (Å²) in [5.41, 5.74) is -0.779. The molecule has 19 heavy (non-hydrogen) atoms. The molecule has 1 aromatic rings. The SMILES string of the molecule is N#CC(C#N)=C(C#N)Nc1c(Br)cc(Cl)c(F)c1Cl. The van der Waals surface area contributed by atoms with Crippen molar-refractivity contribution >= 4 is 44.8 Å². The Hall–Kier alpha value is -1.78. The molecule has 0 radical (unpaired) electrons. The van der Waals surface area contributed by atoms with Gasteiger partial charge in [-0.05, 0) is 22.0 Å². The van der Waals surface area contributed by atoms with Gasteiger partial charge in [-0.15, -0.1) is 0 Å². The summed E-state index contributed by atoms with van der Waals surface area (Å²) in [6.45, 7) is 0. The maximum Gasteiger partial charge on any atom is 0.163 e. The van der Waals surface area contributed by atoms with E-state index in [0.717, 1.165) is 0 Å². The zero-order valence-electron chi connectivity index (χ0n) is 8.93. The zero-order chi connectivity index (χ0) is 14.6. The maximum absolute atomic E-state index is 13.5. The van der Waals surface area contributed by atoms with Crippen LogP contribution in [0.2, 0.25) is 10.0 Å². The summed E-state index contributed by atoms with van der Waals surface area (Å²) in [4.78, 5) is 0. The summed E-state index contributed by atoms with van der Waals surface area (Å²) in [5.74, 6) is -0.873. The lowest BCUT2D eigenvalue weighted by atomic mass is 10.2. The molecule has 94 valence electrons. The minimum Gasteiger partial charge on any atom is -0.343 e. The van der Waals surface area contributed by atoms with Crippen LogP contribution < -0.4 is 5.32 Å². The molecule has 0 amide bonds. The third-order valence-corrected chi connectivity index (χ3v) is 3.20. The van der Waals surface area contributed by atoms with Gasteiger partial charge in [0.15, 0.2) is 11.4 Å². The number of allylic oxidation sites excluding steroid dienone is 2. The smallest absolute Gasteiger partial charge is 0.163 e. The van der Waals surface area contributed by atoms with Crippen molar-refractivity contribution in [1.82, 2.24) is 0 Å². The van der Waals surface area contributed by atoms with Crippen molar-refractivity contribution < 1.29 is 4.39 Å². The van der Waals surface area contributed by atoms with Crippen LogP contribution in [0, 0.1) is 39.8 Å². The van der Waals surface area contributed by atoms with E-state index in [1.165, 1.54) is 6.07 Å². The summed E-state index contributed by atoms with van der Waals surface area (Å²) in [6.07, 6.45) is 0. The van der Waals surface area contributed by atoms with Crippen LogP contribution in [0.5, 0.6) is 0 Å². The first-order chi connectivity index (χ1) is 8.96. The van der Waals surface area contributed by atoms with Gasteiger partial charge in [0.25, 0.3) is 0 Å². The number of nitrogens with one attached hydrogen (secondary N) is 1. The molecule has 0 unspecified atom stereocenters. The molecule has 0 saturated carbocycles. The van der Waals surface area contributed by atoms with Crippen molar-refractivity contribution in [2.24, 2.45) is 0 Å². The molecule has 1 aromatic carbocycles. The number of rotatable bonds is 2. The highest BCUT2D eigenvalue weighted by Crippen LogP contribution is 2.37. The van der Waals surface area contributed by atoms with Crippen LogP contribution in [-0.4, -0.2) is 0 Å². The van der Waals surface area contributed by atoms with Gasteiger partial charge in [-0.1, -0.05) is 23.2 Å². The van der Waals surface area contributed by atoms with Crippen LogP contribution in [0.4, 0.5) is 10.1 Å². The molecule has 0 aliphatic carbocycles. The summed E-state index contributed by atoms with van der Waals surface area (Å²) >= 11 is 14.4. The average Bonchev–Trinajstić information content (AvgIpc) is 2.40. The van der Waals surface area contributed by atoms with E-state index < -0.39 is 11.4 Å². The Bertz CT molecular complexity index is 679. The molecule has 8 heteroatoms. The highest BCUT2D eigenvalue weighted by molar-refractivity contribution is 9.10. The Morgan fingerprint density at radius 1 is 1.21 bits per heavy atom. The summed E-state index contributed by atoms with van der Waals surface area (Å²) in [7, 11) is 0. The number of hydrogen-bond donors (Lipinski definition) is 1. The molecule has 4 nitrogen and oxygen atoms in total. The van der Waals surface area contributed by atoms with Crippen molar-refractivity contribution in [3.05, 3.63) is 37.7 Å². The first-order valence-corrected chi connectivity index (χ1v) is 6.05. The Kier molecular flexibility index (Phi) is 5.15. The minimum absolute atomic E-state index is 0.00289. The fraction of sp³-hybridized carbons (Fsp3) is 0. The predicted molar refractivity (Wildman–Crippen MR) is 71.6 cm³/mol. The molecule has 0 heterocycles. The number of halogens is 4. The first kappa shape index (κ1) is 15.3. The van der Waals surface area contributed by atoms with Crippen LogP contribution in [0.3, 0.4) is 0 Å². The first-order valence-electron chi connectivity index (χ1n) is 4.50. The molecule has 1 N–H and O–H groups in total. The standard InChI is InChI=1S/C11H2BrCl2FN4/c12-6-1-7(13)10(15)9(14)11(6)19-8(4-18)5(2-16)3-17/h1,19H. The Morgan fingerprint density at radius 2 is 1.79 bits per heavy atom. The van der Waals surface area contributed by atoms with Gasteiger partial charge in [0, 0.05) is 4.47 Å². The molecule has 0 aliphatic heterocycles. The second-order valence-corrected chi connectivity index (χ2v) is 4.69. The molecule has 0 aliphatic rings. The number of hydrogen-bond acceptors (Lipinski definition) is 4. The lowest BCUT2D eigenvalue weighted by Crippen LogP contribution is -2.03. The van der Waals surface area contributed by atoms with E-state index in [9.17, 15) is 4.39 Å². The van der Waals surface area contributed by atoms with Crippen molar-refractivity contribution in [2.45, 2.75) is 0 Å². The van der Waals surface area contributed by atoms with Gasteiger partial charge in [0.05, 0.1) is 10.7 Å². The second kappa shape index (κ2) is 6.41. The Labute approximate surface area is 126 Å². The lowest BCUT2D eigenvalue weighted by molar-refractivity contribution is 0.629. The van der Waals surface area contributed by atoms with Crippen LogP contribution in [-0.2, 0) is 0 Å². The second-order valence-electron chi connectivity index (χ2n) is 3.05. The van der Waals surface area contributed by atoms with Crippen LogP contribution >= 0.6 is 39.1 Å². The van der Waals surface area contributed by atoms with E-state index in [1.54, 1.807) is 18.2 Å². The minimum atomic E-state index is -0.873. The normalized spacial score (nSPS) is 8.89. The Morgan fingerprint density at radius 3 is 2.26 bits per heavy atom. The van der Waals surface area contributed by atoms with Crippen LogP contribution in [0.1, 0.15) is 0 Å².